The Morgan fingerprint density at radius 3 is 3.00 bits per heavy atom. The molecule has 0 saturated carbocycles. The molecule has 0 bridgehead atoms. The maximum Gasteiger partial charge on any atom is 0.307 e. The molecule has 2 N–H and O–H groups in total. The van der Waals surface area contributed by atoms with Crippen LogP contribution in [0, 0.1) is 12.8 Å². The first-order chi connectivity index (χ1) is 10.1. The number of benzene rings is 1. The van der Waals surface area contributed by atoms with E-state index in [1.807, 2.05) is 25.1 Å². The summed E-state index contributed by atoms with van der Waals surface area (Å²) < 4.78 is 5.84. The summed E-state index contributed by atoms with van der Waals surface area (Å²) >= 11 is 0. The molecule has 2 aliphatic rings. The molecule has 0 radical (unpaired) electrons. The van der Waals surface area contributed by atoms with Crippen molar-refractivity contribution in [1.82, 2.24) is 4.90 Å². The van der Waals surface area contributed by atoms with Crippen LogP contribution in [0.2, 0.25) is 0 Å². The Bertz CT molecular complexity index is 545. The zero-order valence-corrected chi connectivity index (χ0v) is 12.2. The molecule has 2 heterocycles. The fraction of sp³-hybridized carbons (Fsp3) is 0.562. The molecule has 3 rings (SSSR count). The Morgan fingerprint density at radius 2 is 2.24 bits per heavy atom. The number of carboxylic acids is 1. The van der Waals surface area contributed by atoms with Gasteiger partial charge in [0.15, 0.2) is 0 Å². The minimum absolute atomic E-state index is 0.165. The van der Waals surface area contributed by atoms with Crippen molar-refractivity contribution < 1.29 is 19.7 Å². The number of aryl methyl sites for hydroxylation is 1. The Hall–Kier alpha value is -1.59. The number of aliphatic hydroxyl groups excluding tert-OH is 1. The molecule has 3 atom stereocenters. The second kappa shape index (κ2) is 5.66. The smallest absolute Gasteiger partial charge is 0.307 e. The molecule has 1 fully saturated rings. The lowest BCUT2D eigenvalue weighted by Crippen LogP contribution is -2.51. The van der Waals surface area contributed by atoms with Gasteiger partial charge in [0.2, 0.25) is 0 Å². The number of hydrogen-bond acceptors (Lipinski definition) is 4. The van der Waals surface area contributed by atoms with Crippen LogP contribution in [0.25, 0.3) is 0 Å². The quantitative estimate of drug-likeness (QED) is 0.866. The van der Waals surface area contributed by atoms with E-state index in [1.54, 1.807) is 0 Å². The van der Waals surface area contributed by atoms with E-state index in [1.165, 1.54) is 0 Å². The van der Waals surface area contributed by atoms with Gasteiger partial charge < -0.3 is 14.9 Å². The van der Waals surface area contributed by atoms with Crippen molar-refractivity contribution in [3.05, 3.63) is 29.3 Å². The molecule has 0 spiro atoms. The maximum atomic E-state index is 11.2. The number of carbonyl (C=O) groups is 1. The molecule has 1 aromatic carbocycles. The molecule has 114 valence electrons. The van der Waals surface area contributed by atoms with Crippen molar-refractivity contribution in [3.63, 3.8) is 0 Å². The Morgan fingerprint density at radius 1 is 1.43 bits per heavy atom. The highest BCUT2D eigenvalue weighted by molar-refractivity contribution is 5.70. The van der Waals surface area contributed by atoms with Crippen LogP contribution in [0.15, 0.2) is 18.2 Å². The maximum absolute atomic E-state index is 11.2. The number of rotatable bonds is 2. The average molecular weight is 291 g/mol. The number of nitrogens with zero attached hydrogens (tertiary/aromatic N) is 1. The third-order valence-electron chi connectivity index (χ3n) is 4.59. The second-order valence-corrected chi connectivity index (χ2v) is 5.99. The highest BCUT2D eigenvalue weighted by Crippen LogP contribution is 2.37. The molecule has 0 amide bonds. The largest absolute Gasteiger partial charge is 0.491 e. The lowest BCUT2D eigenvalue weighted by atomic mass is 9.92. The van der Waals surface area contributed by atoms with Gasteiger partial charge in [-0.15, -0.1) is 0 Å². The highest BCUT2D eigenvalue weighted by atomic mass is 16.5. The normalized spacial score (nSPS) is 29.5. The minimum atomic E-state index is -0.748. The number of aliphatic hydroxyl groups is 1. The van der Waals surface area contributed by atoms with Gasteiger partial charge in [0.25, 0.3) is 0 Å². The second-order valence-electron chi connectivity index (χ2n) is 5.99. The van der Waals surface area contributed by atoms with Gasteiger partial charge >= 0.3 is 5.97 Å². The highest BCUT2D eigenvalue weighted by Gasteiger charge is 2.37. The Labute approximate surface area is 124 Å². The lowest BCUT2D eigenvalue weighted by Gasteiger charge is -2.41. The number of fused-ring (bicyclic) bond motifs is 1. The van der Waals surface area contributed by atoms with E-state index in [4.69, 9.17) is 4.74 Å². The van der Waals surface area contributed by atoms with Crippen LogP contribution in [0.1, 0.15) is 30.1 Å². The fourth-order valence-electron chi connectivity index (χ4n) is 3.39. The Balaban J connectivity index is 1.80. The van der Waals surface area contributed by atoms with Crippen LogP contribution >= 0.6 is 0 Å². The predicted octanol–water partition coefficient (Wildman–Crippen LogP) is 1.59. The molecule has 5 nitrogen and oxygen atoms in total. The third kappa shape index (κ3) is 2.63. The molecule has 3 unspecified atom stereocenters. The van der Waals surface area contributed by atoms with E-state index in [0.29, 0.717) is 19.6 Å². The van der Waals surface area contributed by atoms with E-state index in [9.17, 15) is 15.0 Å². The van der Waals surface area contributed by atoms with E-state index < -0.39 is 12.1 Å². The monoisotopic (exact) mass is 291 g/mol. The molecular weight excluding hydrogens is 270 g/mol. The van der Waals surface area contributed by atoms with Gasteiger partial charge in [-0.3, -0.25) is 9.69 Å². The molecule has 2 aliphatic heterocycles. The van der Waals surface area contributed by atoms with Crippen LogP contribution in [0.4, 0.5) is 0 Å². The summed E-state index contributed by atoms with van der Waals surface area (Å²) in [5.74, 6) is -0.319. The van der Waals surface area contributed by atoms with E-state index in [2.05, 4.69) is 4.90 Å². The predicted molar refractivity (Wildman–Crippen MR) is 77.4 cm³/mol. The first-order valence-electron chi connectivity index (χ1n) is 7.45. The van der Waals surface area contributed by atoms with Crippen LogP contribution in [-0.4, -0.2) is 46.8 Å². The molecule has 1 aromatic rings. The summed E-state index contributed by atoms with van der Waals surface area (Å²) in [6.07, 6.45) is 0.938. The van der Waals surface area contributed by atoms with Crippen molar-refractivity contribution in [2.75, 3.05) is 19.7 Å². The molecular formula is C16H21NO4. The standard InChI is InChI=1S/C16H21NO4/c1-10-4-2-6-12-14(18)13(9-21-15(10)12)17-7-3-5-11(8-17)16(19)20/h2,4,6,11,13-14,18H,3,5,7-9H2,1H3,(H,19,20). The zero-order chi connectivity index (χ0) is 15.0. The SMILES string of the molecule is Cc1cccc2c1OCC(N1CCCC(C(=O)O)C1)C2O. The third-order valence-corrected chi connectivity index (χ3v) is 4.59. The van der Waals surface area contributed by atoms with Gasteiger partial charge in [-0.1, -0.05) is 18.2 Å². The van der Waals surface area contributed by atoms with Crippen molar-refractivity contribution in [2.45, 2.75) is 31.9 Å². The number of likely N-dealkylation sites (tertiary alicyclic amines) is 1. The summed E-state index contributed by atoms with van der Waals surface area (Å²) in [7, 11) is 0. The minimum Gasteiger partial charge on any atom is -0.491 e. The van der Waals surface area contributed by atoms with Gasteiger partial charge in [0.05, 0.1) is 12.0 Å². The molecule has 21 heavy (non-hydrogen) atoms. The fourth-order valence-corrected chi connectivity index (χ4v) is 3.39. The van der Waals surface area contributed by atoms with Gasteiger partial charge in [0.1, 0.15) is 18.5 Å². The molecule has 1 saturated heterocycles. The average Bonchev–Trinajstić information content (AvgIpc) is 2.48. The molecule has 0 aliphatic carbocycles. The van der Waals surface area contributed by atoms with Crippen LogP contribution in [-0.2, 0) is 4.79 Å². The van der Waals surface area contributed by atoms with Crippen molar-refractivity contribution >= 4 is 5.97 Å². The first-order valence-corrected chi connectivity index (χ1v) is 7.45. The van der Waals surface area contributed by atoms with Gasteiger partial charge in [-0.25, -0.2) is 0 Å². The molecule has 5 heteroatoms. The van der Waals surface area contributed by atoms with Crippen LogP contribution in [0.3, 0.4) is 0 Å². The summed E-state index contributed by atoms with van der Waals surface area (Å²) in [5, 5.41) is 19.8. The van der Waals surface area contributed by atoms with Crippen molar-refractivity contribution in [3.8, 4) is 5.75 Å². The zero-order valence-electron chi connectivity index (χ0n) is 12.2. The number of ether oxygens (including phenoxy) is 1. The number of hydrogen-bond donors (Lipinski definition) is 2. The van der Waals surface area contributed by atoms with Crippen molar-refractivity contribution in [2.24, 2.45) is 5.92 Å². The summed E-state index contributed by atoms with van der Waals surface area (Å²) in [5.41, 5.74) is 1.83. The van der Waals surface area contributed by atoms with Gasteiger partial charge in [0, 0.05) is 12.1 Å². The van der Waals surface area contributed by atoms with E-state index in [0.717, 1.165) is 29.8 Å². The first kappa shape index (κ1) is 14.4. The van der Waals surface area contributed by atoms with Crippen molar-refractivity contribution in [1.29, 1.82) is 0 Å². The Kier molecular flexibility index (Phi) is 3.87. The van der Waals surface area contributed by atoms with Crippen LogP contribution < -0.4 is 4.74 Å². The number of aliphatic carboxylic acids is 1. The van der Waals surface area contributed by atoms with E-state index in [-0.39, 0.29) is 12.0 Å². The number of para-hydroxylation sites is 1. The van der Waals surface area contributed by atoms with Gasteiger partial charge in [-0.05, 0) is 31.9 Å². The summed E-state index contributed by atoms with van der Waals surface area (Å²) in [6, 6.07) is 5.60. The summed E-state index contributed by atoms with van der Waals surface area (Å²) in [6.45, 7) is 3.68. The van der Waals surface area contributed by atoms with Crippen LogP contribution in [0.5, 0.6) is 5.75 Å². The topological polar surface area (TPSA) is 70.0 Å². The van der Waals surface area contributed by atoms with Gasteiger partial charge in [-0.2, -0.15) is 0 Å². The number of piperidine rings is 1. The number of carboxylic acid groups (broad SMARTS) is 1. The molecule has 0 aromatic heterocycles. The van der Waals surface area contributed by atoms with E-state index >= 15 is 0 Å². The lowest BCUT2D eigenvalue weighted by molar-refractivity contribution is -0.144. The summed E-state index contributed by atoms with van der Waals surface area (Å²) in [4.78, 5) is 13.3.